The molecule has 0 unspecified atom stereocenters. The number of hydrogen-bond acceptors (Lipinski definition) is 4. The molecule has 0 atom stereocenters. The van der Waals surface area contributed by atoms with Gasteiger partial charge in [-0.3, -0.25) is 0 Å². The van der Waals surface area contributed by atoms with Gasteiger partial charge < -0.3 is 20.2 Å². The minimum Gasteiger partial charge on any atom is -0.395 e. The van der Waals surface area contributed by atoms with Gasteiger partial charge in [-0.15, -0.1) is 0 Å². The number of hydrogen-bond donors (Lipinski definition) is 3. The van der Waals surface area contributed by atoms with Crippen LogP contribution in [0.4, 0.5) is 0 Å². The number of aliphatic hydroxyl groups is 3. The summed E-state index contributed by atoms with van der Waals surface area (Å²) in [7, 11) is 3.85. The highest BCUT2D eigenvalue weighted by molar-refractivity contribution is 4.34. The summed E-state index contributed by atoms with van der Waals surface area (Å²) in [5.74, 6) is 0. The quantitative estimate of drug-likeness (QED) is 0.460. The van der Waals surface area contributed by atoms with E-state index in [2.05, 4.69) is 0 Å². The summed E-state index contributed by atoms with van der Waals surface area (Å²) in [4.78, 5) is 1.93. The summed E-state index contributed by atoms with van der Waals surface area (Å²) in [5, 5.41) is 23.4. The van der Waals surface area contributed by atoms with Gasteiger partial charge in [0.15, 0.2) is 0 Å². The summed E-state index contributed by atoms with van der Waals surface area (Å²) in [6.45, 7) is 0.771. The van der Waals surface area contributed by atoms with E-state index in [4.69, 9.17) is 15.3 Å². The van der Waals surface area contributed by atoms with Crippen molar-refractivity contribution in [3.05, 3.63) is 0 Å². The van der Waals surface area contributed by atoms with Gasteiger partial charge in [-0.2, -0.15) is 0 Å². The molecule has 0 saturated carbocycles. The first-order valence-corrected chi connectivity index (χ1v) is 3.16. The minimum atomic E-state index is -0.125. The van der Waals surface area contributed by atoms with Crippen molar-refractivity contribution in [3.63, 3.8) is 0 Å². The van der Waals surface area contributed by atoms with E-state index in [1.807, 2.05) is 19.0 Å². The minimum absolute atomic E-state index is 0.125. The third-order valence-corrected chi connectivity index (χ3v) is 0.647. The fourth-order valence-electron chi connectivity index (χ4n) is 0.200. The first kappa shape index (κ1) is 12.5. The van der Waals surface area contributed by atoms with Crippen LogP contribution >= 0.6 is 0 Å². The Kier molecular flexibility index (Phi) is 14.5. The highest BCUT2D eigenvalue weighted by atomic mass is 16.3. The summed E-state index contributed by atoms with van der Waals surface area (Å²) < 4.78 is 0. The lowest BCUT2D eigenvalue weighted by atomic mass is 10.6. The van der Waals surface area contributed by atoms with E-state index in [1.54, 1.807) is 0 Å². The van der Waals surface area contributed by atoms with Gasteiger partial charge in [0.2, 0.25) is 0 Å². The molecule has 0 aliphatic carbocycles. The predicted octanol–water partition coefficient (Wildman–Crippen LogP) is -1.49. The van der Waals surface area contributed by atoms with Crippen LogP contribution in [0.5, 0.6) is 0 Å². The largest absolute Gasteiger partial charge is 0.395 e. The predicted molar refractivity (Wildman–Crippen MR) is 39.8 cm³/mol. The Bertz CT molecular complexity index is 48.3. The Morgan fingerprint density at radius 1 is 0.900 bits per heavy atom. The smallest absolute Gasteiger partial charge is 0.0662 e. The maximum absolute atomic E-state index is 8.20. The maximum atomic E-state index is 8.20. The molecule has 3 N–H and O–H groups in total. The number of rotatable bonds is 3. The van der Waals surface area contributed by atoms with Gasteiger partial charge in [-0.1, -0.05) is 0 Å². The number of nitrogens with zero attached hydrogens (tertiary/aromatic N) is 1. The fraction of sp³-hybridized carbons (Fsp3) is 1.00. The average Bonchev–Trinajstić information content (AvgIpc) is 1.89. The van der Waals surface area contributed by atoms with Gasteiger partial charge in [0.05, 0.1) is 19.8 Å². The molecule has 0 aromatic heterocycles. The van der Waals surface area contributed by atoms with Crippen molar-refractivity contribution in [2.24, 2.45) is 0 Å². The molecule has 0 bridgehead atoms. The monoisotopic (exact) mass is 151 g/mol. The molecule has 4 heteroatoms. The molecule has 0 spiro atoms. The van der Waals surface area contributed by atoms with E-state index in [0.29, 0.717) is 0 Å². The van der Waals surface area contributed by atoms with Crippen molar-refractivity contribution in [1.82, 2.24) is 4.90 Å². The number of aliphatic hydroxyl groups excluding tert-OH is 3. The lowest BCUT2D eigenvalue weighted by molar-refractivity contribution is 0.186. The molecule has 64 valence electrons. The zero-order valence-electron chi connectivity index (χ0n) is 6.62. The van der Waals surface area contributed by atoms with Crippen molar-refractivity contribution < 1.29 is 15.3 Å². The average molecular weight is 151 g/mol. The Morgan fingerprint density at radius 3 is 1.30 bits per heavy atom. The Morgan fingerprint density at radius 2 is 1.30 bits per heavy atom. The number of likely N-dealkylation sites (N-methyl/N-ethyl adjacent to an activating group) is 1. The van der Waals surface area contributed by atoms with Crippen molar-refractivity contribution in [3.8, 4) is 0 Å². The van der Waals surface area contributed by atoms with Crippen LogP contribution in [-0.2, 0) is 0 Å². The molecule has 0 aliphatic rings. The van der Waals surface area contributed by atoms with E-state index in [1.165, 1.54) is 0 Å². The molecular weight excluding hydrogens is 134 g/mol. The first-order valence-electron chi connectivity index (χ1n) is 3.16. The molecule has 0 saturated heterocycles. The third kappa shape index (κ3) is 24.9. The van der Waals surface area contributed by atoms with Crippen LogP contribution in [-0.4, -0.2) is 60.7 Å². The molecule has 4 nitrogen and oxygen atoms in total. The molecule has 0 amide bonds. The SMILES string of the molecule is CN(C)CCO.OCCO. The standard InChI is InChI=1S/C4H11NO.C2H6O2/c1-5(2)3-4-6;3-1-2-4/h6H,3-4H2,1-2H3;3-4H,1-2H2. The summed E-state index contributed by atoms with van der Waals surface area (Å²) >= 11 is 0. The van der Waals surface area contributed by atoms with Crippen molar-refractivity contribution in [1.29, 1.82) is 0 Å². The molecule has 0 aliphatic heterocycles. The van der Waals surface area contributed by atoms with E-state index < -0.39 is 0 Å². The van der Waals surface area contributed by atoms with Crippen LogP contribution in [0.3, 0.4) is 0 Å². The molecule has 0 rings (SSSR count). The van der Waals surface area contributed by atoms with Crippen LogP contribution < -0.4 is 0 Å². The van der Waals surface area contributed by atoms with Crippen molar-refractivity contribution in [2.75, 3.05) is 40.5 Å². The second kappa shape index (κ2) is 11.6. The zero-order chi connectivity index (χ0) is 8.41. The van der Waals surface area contributed by atoms with Crippen LogP contribution in [0.25, 0.3) is 0 Å². The Balaban J connectivity index is 0. The second-order valence-corrected chi connectivity index (χ2v) is 1.97. The highest BCUT2D eigenvalue weighted by Gasteiger charge is 1.80. The van der Waals surface area contributed by atoms with Gasteiger partial charge in [-0.25, -0.2) is 0 Å². The second-order valence-electron chi connectivity index (χ2n) is 1.97. The van der Waals surface area contributed by atoms with Gasteiger partial charge in [0.25, 0.3) is 0 Å². The van der Waals surface area contributed by atoms with Gasteiger partial charge in [0, 0.05) is 6.54 Å². The van der Waals surface area contributed by atoms with Crippen molar-refractivity contribution in [2.45, 2.75) is 0 Å². The van der Waals surface area contributed by atoms with Crippen LogP contribution in [0.1, 0.15) is 0 Å². The van der Waals surface area contributed by atoms with E-state index >= 15 is 0 Å². The van der Waals surface area contributed by atoms with Gasteiger partial charge in [0.1, 0.15) is 0 Å². The van der Waals surface area contributed by atoms with Crippen LogP contribution in [0.2, 0.25) is 0 Å². The highest BCUT2D eigenvalue weighted by Crippen LogP contribution is 1.66. The van der Waals surface area contributed by atoms with E-state index in [0.717, 1.165) is 6.54 Å². The van der Waals surface area contributed by atoms with Crippen molar-refractivity contribution >= 4 is 0 Å². The third-order valence-electron chi connectivity index (χ3n) is 0.647. The first-order chi connectivity index (χ1) is 4.68. The zero-order valence-corrected chi connectivity index (χ0v) is 6.62. The lowest BCUT2D eigenvalue weighted by Gasteiger charge is -2.03. The van der Waals surface area contributed by atoms with Crippen LogP contribution in [0, 0.1) is 0 Å². The maximum Gasteiger partial charge on any atom is 0.0662 e. The molecule has 10 heavy (non-hydrogen) atoms. The summed E-state index contributed by atoms with van der Waals surface area (Å²) in [6, 6.07) is 0. The molecule has 0 fully saturated rings. The van der Waals surface area contributed by atoms with Gasteiger partial charge >= 0.3 is 0 Å². The van der Waals surface area contributed by atoms with E-state index in [9.17, 15) is 0 Å². The molecule has 0 heterocycles. The lowest BCUT2D eigenvalue weighted by Crippen LogP contribution is -2.15. The van der Waals surface area contributed by atoms with Gasteiger partial charge in [-0.05, 0) is 14.1 Å². The molecule has 0 aromatic rings. The molecular formula is C6H17NO3. The molecule has 0 radical (unpaired) electrons. The van der Waals surface area contributed by atoms with E-state index in [-0.39, 0.29) is 19.8 Å². The normalized spacial score (nSPS) is 9.00. The fourth-order valence-corrected chi connectivity index (χ4v) is 0.200. The summed E-state index contributed by atoms with van der Waals surface area (Å²) in [5.41, 5.74) is 0. The molecule has 0 aromatic carbocycles. The Labute approximate surface area is 61.7 Å². The Hall–Kier alpha value is -0.160. The topological polar surface area (TPSA) is 63.9 Å². The summed E-state index contributed by atoms with van der Waals surface area (Å²) in [6.07, 6.45) is 0. The van der Waals surface area contributed by atoms with Crippen LogP contribution in [0.15, 0.2) is 0 Å².